The van der Waals surface area contributed by atoms with Crippen LogP contribution in [0.2, 0.25) is 0 Å². The molecule has 5 heteroatoms. The van der Waals surface area contributed by atoms with Gasteiger partial charge in [0.25, 0.3) is 0 Å². The SMILES string of the molecule is CC(c1ccc(Br)cc1F)N1CCCC(C)(C(=O)O)C1. The molecule has 0 amide bonds. The highest BCUT2D eigenvalue weighted by molar-refractivity contribution is 9.10. The molecule has 0 bridgehead atoms. The molecule has 2 unspecified atom stereocenters. The van der Waals surface area contributed by atoms with Crippen molar-refractivity contribution in [1.29, 1.82) is 0 Å². The molecule has 0 aromatic heterocycles. The van der Waals surface area contributed by atoms with Crippen LogP contribution in [0.3, 0.4) is 0 Å². The quantitative estimate of drug-likeness (QED) is 0.906. The number of aliphatic carboxylic acids is 1. The van der Waals surface area contributed by atoms with Crippen LogP contribution in [0.1, 0.15) is 38.3 Å². The van der Waals surface area contributed by atoms with Gasteiger partial charge in [-0.2, -0.15) is 0 Å². The largest absolute Gasteiger partial charge is 0.481 e. The first kappa shape index (κ1) is 15.4. The average Bonchev–Trinajstić information content (AvgIpc) is 2.38. The Morgan fingerprint density at radius 1 is 1.55 bits per heavy atom. The molecule has 1 N–H and O–H groups in total. The van der Waals surface area contributed by atoms with Crippen molar-refractivity contribution in [3.8, 4) is 0 Å². The fourth-order valence-corrected chi connectivity index (χ4v) is 3.15. The monoisotopic (exact) mass is 343 g/mol. The molecule has 1 fully saturated rings. The fraction of sp³-hybridized carbons (Fsp3) is 0.533. The highest BCUT2D eigenvalue weighted by Gasteiger charge is 2.39. The summed E-state index contributed by atoms with van der Waals surface area (Å²) in [6.45, 7) is 4.96. The molecule has 3 nitrogen and oxygen atoms in total. The van der Waals surface area contributed by atoms with Crippen LogP contribution in [-0.4, -0.2) is 29.1 Å². The second kappa shape index (κ2) is 5.82. The number of rotatable bonds is 3. The first-order chi connectivity index (χ1) is 9.33. The van der Waals surface area contributed by atoms with Gasteiger partial charge in [-0.3, -0.25) is 9.69 Å². The van der Waals surface area contributed by atoms with E-state index in [1.165, 1.54) is 6.07 Å². The third-order valence-electron chi connectivity index (χ3n) is 4.20. The van der Waals surface area contributed by atoms with Crippen molar-refractivity contribution in [3.05, 3.63) is 34.1 Å². The predicted octanol–water partition coefficient (Wildman–Crippen LogP) is 3.84. The second-order valence-corrected chi connectivity index (χ2v) is 6.70. The van der Waals surface area contributed by atoms with E-state index in [0.29, 0.717) is 23.0 Å². The van der Waals surface area contributed by atoms with Gasteiger partial charge in [-0.05, 0) is 45.4 Å². The van der Waals surface area contributed by atoms with Crippen molar-refractivity contribution in [2.75, 3.05) is 13.1 Å². The van der Waals surface area contributed by atoms with Crippen LogP contribution >= 0.6 is 15.9 Å². The lowest BCUT2D eigenvalue weighted by atomic mass is 9.81. The highest BCUT2D eigenvalue weighted by atomic mass is 79.9. The van der Waals surface area contributed by atoms with E-state index in [1.807, 2.05) is 13.0 Å². The normalized spacial score (nSPS) is 25.4. The van der Waals surface area contributed by atoms with E-state index in [9.17, 15) is 14.3 Å². The Hall–Kier alpha value is -0.940. The van der Waals surface area contributed by atoms with Gasteiger partial charge in [0, 0.05) is 22.6 Å². The van der Waals surface area contributed by atoms with Crippen molar-refractivity contribution in [2.24, 2.45) is 5.41 Å². The molecular formula is C15H19BrFNO2. The van der Waals surface area contributed by atoms with Crippen molar-refractivity contribution in [2.45, 2.75) is 32.7 Å². The first-order valence-corrected chi connectivity index (χ1v) is 7.55. The number of likely N-dealkylation sites (tertiary alicyclic amines) is 1. The van der Waals surface area contributed by atoms with Crippen LogP contribution in [0.15, 0.2) is 22.7 Å². The summed E-state index contributed by atoms with van der Waals surface area (Å²) in [5, 5.41) is 9.35. The maximum Gasteiger partial charge on any atom is 0.310 e. The Balaban J connectivity index is 2.20. The van der Waals surface area contributed by atoms with E-state index in [1.54, 1.807) is 13.0 Å². The summed E-state index contributed by atoms with van der Waals surface area (Å²) >= 11 is 3.25. The Bertz CT molecular complexity index is 523. The van der Waals surface area contributed by atoms with Gasteiger partial charge in [-0.25, -0.2) is 4.39 Å². The zero-order valence-electron chi connectivity index (χ0n) is 11.7. The number of halogens is 2. The maximum atomic E-state index is 14.0. The Labute approximate surface area is 126 Å². The summed E-state index contributed by atoms with van der Waals surface area (Å²) in [5.74, 6) is -1.03. The zero-order chi connectivity index (χ0) is 14.9. The average molecular weight is 344 g/mol. The van der Waals surface area contributed by atoms with E-state index in [-0.39, 0.29) is 11.9 Å². The van der Waals surface area contributed by atoms with Crippen LogP contribution in [0, 0.1) is 11.2 Å². The topological polar surface area (TPSA) is 40.5 Å². The molecule has 2 atom stereocenters. The van der Waals surface area contributed by atoms with E-state index in [0.717, 1.165) is 13.0 Å². The minimum atomic E-state index is -0.773. The fourth-order valence-electron chi connectivity index (χ4n) is 2.82. The molecule has 20 heavy (non-hydrogen) atoms. The predicted molar refractivity (Wildman–Crippen MR) is 79.1 cm³/mol. The zero-order valence-corrected chi connectivity index (χ0v) is 13.3. The standard InChI is InChI=1S/C15H19BrFNO2/c1-10(12-5-4-11(16)8-13(12)17)18-7-3-6-15(2,9-18)14(19)20/h4-5,8,10H,3,6-7,9H2,1-2H3,(H,19,20). The van der Waals surface area contributed by atoms with Crippen molar-refractivity contribution < 1.29 is 14.3 Å². The molecule has 1 aliphatic heterocycles. The summed E-state index contributed by atoms with van der Waals surface area (Å²) < 4.78 is 14.7. The molecule has 1 heterocycles. The van der Waals surface area contributed by atoms with Crippen molar-refractivity contribution in [1.82, 2.24) is 4.90 Å². The van der Waals surface area contributed by atoms with E-state index in [2.05, 4.69) is 20.8 Å². The Kier molecular flexibility index (Phi) is 4.49. The number of piperidine rings is 1. The van der Waals surface area contributed by atoms with E-state index in [4.69, 9.17) is 0 Å². The number of hydrogen-bond donors (Lipinski definition) is 1. The third-order valence-corrected chi connectivity index (χ3v) is 4.70. The van der Waals surface area contributed by atoms with Gasteiger partial charge in [0.15, 0.2) is 0 Å². The molecule has 2 rings (SSSR count). The molecule has 110 valence electrons. The lowest BCUT2D eigenvalue weighted by Crippen LogP contribution is -2.46. The molecule has 1 aliphatic rings. The number of hydrogen-bond acceptors (Lipinski definition) is 2. The van der Waals surface area contributed by atoms with Crippen molar-refractivity contribution >= 4 is 21.9 Å². The Morgan fingerprint density at radius 3 is 2.85 bits per heavy atom. The highest BCUT2D eigenvalue weighted by Crippen LogP contribution is 2.35. The van der Waals surface area contributed by atoms with Crippen LogP contribution in [0.5, 0.6) is 0 Å². The molecule has 0 aliphatic carbocycles. The number of nitrogens with zero attached hydrogens (tertiary/aromatic N) is 1. The van der Waals surface area contributed by atoms with E-state index < -0.39 is 11.4 Å². The minimum absolute atomic E-state index is 0.123. The van der Waals surface area contributed by atoms with Gasteiger partial charge in [-0.15, -0.1) is 0 Å². The molecule has 0 radical (unpaired) electrons. The molecular weight excluding hydrogens is 325 g/mol. The third kappa shape index (κ3) is 3.04. The van der Waals surface area contributed by atoms with Crippen LogP contribution in [-0.2, 0) is 4.79 Å². The lowest BCUT2D eigenvalue weighted by Gasteiger charge is -2.40. The first-order valence-electron chi connectivity index (χ1n) is 6.76. The van der Waals surface area contributed by atoms with Crippen LogP contribution in [0.4, 0.5) is 4.39 Å². The molecule has 0 saturated carbocycles. The molecule has 0 spiro atoms. The molecule has 1 aromatic carbocycles. The van der Waals surface area contributed by atoms with E-state index >= 15 is 0 Å². The number of carboxylic acid groups (broad SMARTS) is 1. The minimum Gasteiger partial charge on any atom is -0.481 e. The smallest absolute Gasteiger partial charge is 0.310 e. The lowest BCUT2D eigenvalue weighted by molar-refractivity contribution is -0.151. The van der Waals surface area contributed by atoms with Crippen LogP contribution in [0.25, 0.3) is 0 Å². The number of carbonyl (C=O) groups is 1. The summed E-state index contributed by atoms with van der Waals surface area (Å²) in [6.07, 6.45) is 1.50. The maximum absolute atomic E-state index is 14.0. The van der Waals surface area contributed by atoms with Gasteiger partial charge in [0.2, 0.25) is 0 Å². The van der Waals surface area contributed by atoms with Gasteiger partial charge < -0.3 is 5.11 Å². The summed E-state index contributed by atoms with van der Waals surface area (Å²) in [7, 11) is 0. The summed E-state index contributed by atoms with van der Waals surface area (Å²) in [5.41, 5.74) is -0.124. The Morgan fingerprint density at radius 2 is 2.25 bits per heavy atom. The summed E-state index contributed by atoms with van der Waals surface area (Å²) in [4.78, 5) is 13.4. The van der Waals surface area contributed by atoms with Gasteiger partial charge >= 0.3 is 5.97 Å². The molecule has 1 saturated heterocycles. The summed E-state index contributed by atoms with van der Waals surface area (Å²) in [6, 6.07) is 4.90. The van der Waals surface area contributed by atoms with Gasteiger partial charge in [0.1, 0.15) is 5.82 Å². The second-order valence-electron chi connectivity index (χ2n) is 5.78. The molecule has 1 aromatic rings. The number of benzene rings is 1. The van der Waals surface area contributed by atoms with Crippen molar-refractivity contribution in [3.63, 3.8) is 0 Å². The van der Waals surface area contributed by atoms with Gasteiger partial charge in [-0.1, -0.05) is 22.0 Å². The van der Waals surface area contributed by atoms with Gasteiger partial charge in [0.05, 0.1) is 5.41 Å². The van der Waals surface area contributed by atoms with Crippen LogP contribution < -0.4 is 0 Å². The number of carboxylic acids is 1.